The largest absolute Gasteiger partial charge is 0.495 e. The molecule has 0 spiro atoms. The molecule has 1 saturated heterocycles. The average molecular weight is 363 g/mol. The number of amides is 1. The number of hydrogen-bond donors (Lipinski definition) is 0. The second-order valence-electron chi connectivity index (χ2n) is 3.97. The van der Waals surface area contributed by atoms with Crippen molar-refractivity contribution in [2.24, 2.45) is 0 Å². The summed E-state index contributed by atoms with van der Waals surface area (Å²) in [6.07, 6.45) is 2.17. The highest BCUT2D eigenvalue weighted by Gasteiger charge is 2.24. The van der Waals surface area contributed by atoms with Gasteiger partial charge in [-0.05, 0) is 40.9 Å². The number of ether oxygens (including phenoxy) is 1. The van der Waals surface area contributed by atoms with E-state index in [9.17, 15) is 4.79 Å². The van der Waals surface area contributed by atoms with Gasteiger partial charge in [0.2, 0.25) is 0 Å². The lowest BCUT2D eigenvalue weighted by Gasteiger charge is -2.18. The molecule has 17 heavy (non-hydrogen) atoms. The number of methoxy groups -OCH3 is 1. The predicted octanol–water partition coefficient (Wildman–Crippen LogP) is 3.46. The highest BCUT2D eigenvalue weighted by molar-refractivity contribution is 9.11. The maximum atomic E-state index is 12.3. The molecule has 1 aliphatic rings. The quantitative estimate of drug-likeness (QED) is 0.806. The molecular formula is C12H13Br2NO2. The lowest BCUT2D eigenvalue weighted by atomic mass is 10.2. The van der Waals surface area contributed by atoms with Gasteiger partial charge in [0.05, 0.1) is 17.1 Å². The number of carbonyl (C=O) groups is 1. The molecule has 92 valence electrons. The molecule has 0 atom stereocenters. The number of rotatable bonds is 2. The zero-order chi connectivity index (χ0) is 12.4. The van der Waals surface area contributed by atoms with Crippen molar-refractivity contribution in [1.29, 1.82) is 0 Å². The van der Waals surface area contributed by atoms with Gasteiger partial charge in [-0.25, -0.2) is 0 Å². The van der Waals surface area contributed by atoms with Crippen molar-refractivity contribution in [3.8, 4) is 5.75 Å². The topological polar surface area (TPSA) is 29.5 Å². The highest BCUT2D eigenvalue weighted by Crippen LogP contribution is 2.33. The summed E-state index contributed by atoms with van der Waals surface area (Å²) in [7, 11) is 1.58. The van der Waals surface area contributed by atoms with Crippen LogP contribution in [-0.2, 0) is 0 Å². The van der Waals surface area contributed by atoms with Crippen LogP contribution < -0.4 is 4.74 Å². The van der Waals surface area contributed by atoms with Crippen LogP contribution in [0.15, 0.2) is 21.1 Å². The van der Waals surface area contributed by atoms with E-state index >= 15 is 0 Å². The first kappa shape index (κ1) is 12.9. The Morgan fingerprint density at radius 3 is 2.53 bits per heavy atom. The van der Waals surface area contributed by atoms with Crippen molar-refractivity contribution in [2.45, 2.75) is 12.8 Å². The van der Waals surface area contributed by atoms with Gasteiger partial charge in [0.25, 0.3) is 5.91 Å². The predicted molar refractivity (Wildman–Crippen MR) is 73.5 cm³/mol. The van der Waals surface area contributed by atoms with Gasteiger partial charge in [0.15, 0.2) is 0 Å². The van der Waals surface area contributed by atoms with Crippen molar-refractivity contribution in [1.82, 2.24) is 4.90 Å². The van der Waals surface area contributed by atoms with E-state index in [-0.39, 0.29) is 5.91 Å². The van der Waals surface area contributed by atoms with Crippen molar-refractivity contribution in [2.75, 3.05) is 20.2 Å². The number of halogens is 2. The molecule has 0 aliphatic carbocycles. The molecule has 0 radical (unpaired) electrons. The molecule has 1 aliphatic heterocycles. The van der Waals surface area contributed by atoms with Crippen LogP contribution in [0, 0.1) is 0 Å². The lowest BCUT2D eigenvalue weighted by molar-refractivity contribution is 0.0789. The van der Waals surface area contributed by atoms with Crippen molar-refractivity contribution in [3.05, 3.63) is 26.6 Å². The Hall–Kier alpha value is -0.550. The summed E-state index contributed by atoms with van der Waals surface area (Å²) in [5.74, 6) is 0.645. The first-order chi connectivity index (χ1) is 8.13. The molecule has 1 heterocycles. The third-order valence-electron chi connectivity index (χ3n) is 2.84. The van der Waals surface area contributed by atoms with Crippen LogP contribution in [0.2, 0.25) is 0 Å². The highest BCUT2D eigenvalue weighted by atomic mass is 79.9. The van der Waals surface area contributed by atoms with Crippen LogP contribution in [-0.4, -0.2) is 31.0 Å². The van der Waals surface area contributed by atoms with E-state index in [1.54, 1.807) is 7.11 Å². The Morgan fingerprint density at radius 1 is 1.29 bits per heavy atom. The van der Waals surface area contributed by atoms with Crippen molar-refractivity contribution in [3.63, 3.8) is 0 Å². The molecule has 3 nitrogen and oxygen atoms in total. The normalized spacial score (nSPS) is 15.1. The number of benzene rings is 1. The van der Waals surface area contributed by atoms with E-state index in [2.05, 4.69) is 31.9 Å². The second-order valence-corrected chi connectivity index (χ2v) is 5.74. The standard InChI is InChI=1S/C12H13Br2NO2/c1-17-11-9(6-8(13)7-10(11)14)12(16)15-4-2-3-5-15/h6-7H,2-5H2,1H3. The zero-order valence-corrected chi connectivity index (χ0v) is 12.7. The number of likely N-dealkylation sites (tertiary alicyclic amines) is 1. The summed E-state index contributed by atoms with van der Waals surface area (Å²) >= 11 is 6.81. The summed E-state index contributed by atoms with van der Waals surface area (Å²) in [5, 5.41) is 0. The van der Waals surface area contributed by atoms with Gasteiger partial charge in [0, 0.05) is 17.6 Å². The summed E-state index contributed by atoms with van der Waals surface area (Å²) in [4.78, 5) is 14.2. The Balaban J connectivity index is 2.39. The lowest BCUT2D eigenvalue weighted by Crippen LogP contribution is -2.28. The van der Waals surface area contributed by atoms with Gasteiger partial charge in [-0.3, -0.25) is 4.79 Å². The van der Waals surface area contributed by atoms with Crippen LogP contribution in [0.5, 0.6) is 5.75 Å². The first-order valence-electron chi connectivity index (χ1n) is 5.46. The third-order valence-corrected chi connectivity index (χ3v) is 3.88. The average Bonchev–Trinajstić information content (AvgIpc) is 2.80. The van der Waals surface area contributed by atoms with Crippen LogP contribution in [0.3, 0.4) is 0 Å². The monoisotopic (exact) mass is 361 g/mol. The molecule has 0 unspecified atom stereocenters. The zero-order valence-electron chi connectivity index (χ0n) is 9.50. The van der Waals surface area contributed by atoms with Crippen LogP contribution in [0.1, 0.15) is 23.2 Å². The van der Waals surface area contributed by atoms with Crippen molar-refractivity contribution < 1.29 is 9.53 Å². The number of hydrogen-bond acceptors (Lipinski definition) is 2. The maximum absolute atomic E-state index is 12.3. The van der Waals surface area contributed by atoms with Crippen LogP contribution >= 0.6 is 31.9 Å². The molecule has 2 rings (SSSR count). The van der Waals surface area contributed by atoms with Crippen molar-refractivity contribution >= 4 is 37.8 Å². The molecule has 1 aromatic carbocycles. The molecule has 1 fully saturated rings. The Labute approximate surface area is 117 Å². The van der Waals surface area contributed by atoms with E-state index < -0.39 is 0 Å². The molecular weight excluding hydrogens is 350 g/mol. The summed E-state index contributed by atoms with van der Waals surface area (Å²) in [6, 6.07) is 3.68. The summed E-state index contributed by atoms with van der Waals surface area (Å²) in [6.45, 7) is 1.68. The molecule has 0 saturated carbocycles. The smallest absolute Gasteiger partial charge is 0.257 e. The second kappa shape index (κ2) is 5.40. The van der Waals surface area contributed by atoms with Gasteiger partial charge in [0.1, 0.15) is 5.75 Å². The van der Waals surface area contributed by atoms with Gasteiger partial charge >= 0.3 is 0 Å². The van der Waals surface area contributed by atoms with Crippen LogP contribution in [0.25, 0.3) is 0 Å². The Kier molecular flexibility index (Phi) is 4.09. The minimum atomic E-state index is 0.0429. The van der Waals surface area contributed by atoms with Gasteiger partial charge in [-0.1, -0.05) is 15.9 Å². The van der Waals surface area contributed by atoms with Crippen LogP contribution in [0.4, 0.5) is 0 Å². The minimum Gasteiger partial charge on any atom is -0.495 e. The van der Waals surface area contributed by atoms with Gasteiger partial charge in [-0.2, -0.15) is 0 Å². The first-order valence-corrected chi connectivity index (χ1v) is 7.04. The number of carbonyl (C=O) groups excluding carboxylic acids is 1. The molecule has 0 aromatic heterocycles. The van der Waals surface area contributed by atoms with E-state index in [1.165, 1.54) is 0 Å². The van der Waals surface area contributed by atoms with E-state index in [0.29, 0.717) is 11.3 Å². The molecule has 0 N–H and O–H groups in total. The summed E-state index contributed by atoms with van der Waals surface area (Å²) < 4.78 is 6.95. The van der Waals surface area contributed by atoms with Gasteiger partial charge < -0.3 is 9.64 Å². The maximum Gasteiger partial charge on any atom is 0.257 e. The fourth-order valence-corrected chi connectivity index (χ4v) is 3.40. The SMILES string of the molecule is COc1c(Br)cc(Br)cc1C(=O)N1CCCC1. The molecule has 5 heteroatoms. The minimum absolute atomic E-state index is 0.0429. The molecule has 0 bridgehead atoms. The van der Waals surface area contributed by atoms with Gasteiger partial charge in [-0.15, -0.1) is 0 Å². The Morgan fingerprint density at radius 2 is 1.94 bits per heavy atom. The number of nitrogens with zero attached hydrogens (tertiary/aromatic N) is 1. The summed E-state index contributed by atoms with van der Waals surface area (Å²) in [5.41, 5.74) is 0.607. The third kappa shape index (κ3) is 2.65. The fraction of sp³-hybridized carbons (Fsp3) is 0.417. The van der Waals surface area contributed by atoms with E-state index in [0.717, 1.165) is 34.9 Å². The molecule has 1 aromatic rings. The Bertz CT molecular complexity index is 442. The van der Waals surface area contributed by atoms with E-state index in [4.69, 9.17) is 4.74 Å². The fourth-order valence-electron chi connectivity index (χ4n) is 2.02. The molecule has 1 amide bonds. The van der Waals surface area contributed by atoms with E-state index in [1.807, 2.05) is 17.0 Å².